The van der Waals surface area contributed by atoms with Crippen LogP contribution in [0.15, 0.2) is 36.4 Å². The first kappa shape index (κ1) is 25.2. The number of piperazine rings is 1. The van der Waals surface area contributed by atoms with Gasteiger partial charge >= 0.3 is 0 Å². The average Bonchev–Trinajstić information content (AvgIpc) is 3.27. The molecule has 0 saturated carbocycles. The van der Waals surface area contributed by atoms with Crippen molar-refractivity contribution in [3.63, 3.8) is 0 Å². The van der Waals surface area contributed by atoms with Crippen molar-refractivity contribution < 1.29 is 24.3 Å². The minimum Gasteiger partial charge on any atom is -0.508 e. The molecule has 0 aromatic heterocycles. The van der Waals surface area contributed by atoms with E-state index in [0.717, 1.165) is 12.0 Å². The lowest BCUT2D eigenvalue weighted by Gasteiger charge is -2.34. The maximum absolute atomic E-state index is 13.4. The van der Waals surface area contributed by atoms with Crippen LogP contribution in [0.3, 0.4) is 0 Å². The van der Waals surface area contributed by atoms with Crippen molar-refractivity contribution in [2.24, 2.45) is 5.41 Å². The second-order valence-electron chi connectivity index (χ2n) is 9.73. The summed E-state index contributed by atoms with van der Waals surface area (Å²) < 4.78 is 0. The molecule has 182 valence electrons. The normalized spacial score (nSPS) is 19.8. The van der Waals surface area contributed by atoms with Gasteiger partial charge in [-0.1, -0.05) is 17.7 Å². The van der Waals surface area contributed by atoms with Crippen molar-refractivity contribution in [1.82, 2.24) is 10.2 Å². The predicted molar refractivity (Wildman–Crippen MR) is 129 cm³/mol. The average molecular weight is 468 g/mol. The van der Waals surface area contributed by atoms with E-state index < -0.39 is 23.3 Å². The number of aromatic hydroxyl groups is 1. The zero-order valence-electron chi connectivity index (χ0n) is 20.2. The number of nitrogens with zero attached hydrogens (tertiary/aromatic N) is 1. The number of hydrogen-bond donors (Lipinski definition) is 3. The van der Waals surface area contributed by atoms with Gasteiger partial charge in [-0.2, -0.15) is 0 Å². The van der Waals surface area contributed by atoms with E-state index in [0.29, 0.717) is 24.9 Å². The van der Waals surface area contributed by atoms with Crippen LogP contribution in [0.2, 0.25) is 0 Å². The number of allylic oxidation sites excluding steroid dienone is 2. The Morgan fingerprint density at radius 2 is 2.00 bits per heavy atom. The van der Waals surface area contributed by atoms with Gasteiger partial charge in [0.05, 0.1) is 11.1 Å². The molecular formula is C26H33N3O5. The van der Waals surface area contributed by atoms with E-state index in [1.165, 1.54) is 18.2 Å². The summed E-state index contributed by atoms with van der Waals surface area (Å²) in [6.45, 7) is 11.4. The summed E-state index contributed by atoms with van der Waals surface area (Å²) >= 11 is 0. The second-order valence-corrected chi connectivity index (χ2v) is 9.73. The van der Waals surface area contributed by atoms with Crippen molar-refractivity contribution in [3.8, 4) is 5.75 Å². The van der Waals surface area contributed by atoms with Crippen LogP contribution in [0.25, 0.3) is 0 Å². The highest BCUT2D eigenvalue weighted by molar-refractivity contribution is 6.09. The van der Waals surface area contributed by atoms with E-state index in [1.807, 2.05) is 19.9 Å². The highest BCUT2D eigenvalue weighted by atomic mass is 16.3. The van der Waals surface area contributed by atoms with Crippen LogP contribution >= 0.6 is 0 Å². The van der Waals surface area contributed by atoms with Crippen LogP contribution in [0, 0.1) is 5.41 Å². The lowest BCUT2D eigenvalue weighted by molar-refractivity contribution is -0.146. The fourth-order valence-electron chi connectivity index (χ4n) is 4.16. The van der Waals surface area contributed by atoms with E-state index in [-0.39, 0.29) is 41.1 Å². The molecule has 2 aliphatic rings. The van der Waals surface area contributed by atoms with Gasteiger partial charge < -0.3 is 20.6 Å². The number of benzene rings is 1. The number of Topliss-reactive ketones (excluding diaryl/α,β-unsaturated/α-hetero) is 1. The Morgan fingerprint density at radius 3 is 2.65 bits per heavy atom. The highest BCUT2D eigenvalue weighted by Gasteiger charge is 2.43. The molecule has 2 saturated heterocycles. The summed E-state index contributed by atoms with van der Waals surface area (Å²) in [5, 5.41) is 16.0. The Hall–Kier alpha value is -3.42. The molecule has 2 aliphatic heterocycles. The second kappa shape index (κ2) is 9.83. The third-order valence-electron chi connectivity index (χ3n) is 6.48. The number of carbonyl (C=O) groups excluding carboxylic acids is 4. The highest BCUT2D eigenvalue weighted by Crippen LogP contribution is 2.34. The molecular weight excluding hydrogens is 434 g/mol. The summed E-state index contributed by atoms with van der Waals surface area (Å²) in [6.07, 6.45) is 4.83. The van der Waals surface area contributed by atoms with Crippen molar-refractivity contribution in [3.05, 3.63) is 47.6 Å². The molecule has 3 rings (SSSR count). The molecule has 8 heteroatoms. The molecule has 0 bridgehead atoms. The van der Waals surface area contributed by atoms with Gasteiger partial charge in [-0.05, 0) is 59.1 Å². The van der Waals surface area contributed by atoms with E-state index in [1.54, 1.807) is 18.7 Å². The smallest absolute Gasteiger partial charge is 0.246 e. The molecule has 3 N–H and O–H groups in total. The van der Waals surface area contributed by atoms with Crippen LogP contribution in [-0.4, -0.2) is 52.1 Å². The number of rotatable bonds is 8. The van der Waals surface area contributed by atoms with E-state index in [4.69, 9.17) is 0 Å². The van der Waals surface area contributed by atoms with Gasteiger partial charge in [-0.25, -0.2) is 0 Å². The summed E-state index contributed by atoms with van der Waals surface area (Å²) in [7, 11) is 0. The molecule has 1 aromatic rings. The van der Waals surface area contributed by atoms with Gasteiger partial charge in [0.1, 0.15) is 17.8 Å². The van der Waals surface area contributed by atoms with Crippen LogP contribution in [0.4, 0.5) is 5.69 Å². The molecule has 0 aliphatic carbocycles. The molecule has 0 spiro atoms. The standard InChI is InChI=1S/C26H33N3O5/c1-6-26(4,5)25(34)28-22-16(10-9-15(2)3)20(30)12-11-17(22)21(31)14-18-24(33)29-13-7-8-19(29)23(32)27-18/h6,9,11-12,18-19,30H,1,7-8,10,13-14H2,2-5H3,(H,27,32)(H,28,34)/t18-,19-/m0/s1. The van der Waals surface area contributed by atoms with Crippen LogP contribution in [0.1, 0.15) is 62.9 Å². The number of anilines is 1. The summed E-state index contributed by atoms with van der Waals surface area (Å²) in [6, 6.07) is 1.43. The first-order chi connectivity index (χ1) is 16.0. The van der Waals surface area contributed by atoms with Gasteiger partial charge in [0.25, 0.3) is 0 Å². The van der Waals surface area contributed by atoms with Crippen LogP contribution in [0.5, 0.6) is 5.75 Å². The Labute approximate surface area is 200 Å². The van der Waals surface area contributed by atoms with Gasteiger partial charge in [0, 0.05) is 24.1 Å². The van der Waals surface area contributed by atoms with Crippen molar-refractivity contribution in [1.29, 1.82) is 0 Å². The SMILES string of the molecule is C=CC(C)(C)C(=O)Nc1c(C(=O)C[C@@H]2NC(=O)[C@@H]3CCCN3C2=O)ccc(O)c1CC=C(C)C. The number of amides is 3. The Bertz CT molecular complexity index is 1070. The monoisotopic (exact) mass is 467 g/mol. The lowest BCUT2D eigenvalue weighted by Crippen LogP contribution is -2.61. The largest absolute Gasteiger partial charge is 0.508 e. The molecule has 3 amide bonds. The maximum Gasteiger partial charge on any atom is 0.246 e. The Morgan fingerprint density at radius 1 is 1.29 bits per heavy atom. The minimum absolute atomic E-state index is 0.0530. The maximum atomic E-state index is 13.4. The van der Waals surface area contributed by atoms with Crippen molar-refractivity contribution >= 4 is 29.2 Å². The minimum atomic E-state index is -0.961. The molecule has 8 nitrogen and oxygen atoms in total. The van der Waals surface area contributed by atoms with Crippen molar-refractivity contribution in [2.45, 2.75) is 65.5 Å². The van der Waals surface area contributed by atoms with Crippen molar-refractivity contribution in [2.75, 3.05) is 11.9 Å². The number of carbonyl (C=O) groups is 4. The summed E-state index contributed by atoms with van der Waals surface area (Å²) in [4.78, 5) is 53.2. The third kappa shape index (κ3) is 5.05. The van der Waals surface area contributed by atoms with Gasteiger partial charge in [-0.3, -0.25) is 19.2 Å². The molecule has 0 radical (unpaired) electrons. The lowest BCUT2D eigenvalue weighted by atomic mass is 9.91. The predicted octanol–water partition coefficient (Wildman–Crippen LogP) is 3.11. The quantitative estimate of drug-likeness (QED) is 0.401. The zero-order valence-corrected chi connectivity index (χ0v) is 20.2. The van der Waals surface area contributed by atoms with E-state index >= 15 is 0 Å². The van der Waals surface area contributed by atoms with Gasteiger partial charge in [0.15, 0.2) is 5.78 Å². The number of phenolic OH excluding ortho intramolecular Hbond substituents is 1. The molecule has 2 fully saturated rings. The van der Waals surface area contributed by atoms with Gasteiger partial charge in [0.2, 0.25) is 17.7 Å². The molecule has 1 aromatic carbocycles. The van der Waals surface area contributed by atoms with E-state index in [9.17, 15) is 24.3 Å². The fourth-order valence-corrected chi connectivity index (χ4v) is 4.16. The molecule has 2 atom stereocenters. The Kier molecular flexibility index (Phi) is 7.29. The zero-order chi connectivity index (χ0) is 25.2. The molecule has 0 unspecified atom stereocenters. The topological polar surface area (TPSA) is 116 Å². The molecule has 34 heavy (non-hydrogen) atoms. The summed E-state index contributed by atoms with van der Waals surface area (Å²) in [5.41, 5.74) is 0.872. The van der Waals surface area contributed by atoms with Gasteiger partial charge in [-0.15, -0.1) is 6.58 Å². The molecule has 2 heterocycles. The number of fused-ring (bicyclic) bond motifs is 1. The fraction of sp³-hybridized carbons (Fsp3) is 0.462. The Balaban J connectivity index is 1.96. The number of hydrogen-bond acceptors (Lipinski definition) is 5. The first-order valence-electron chi connectivity index (χ1n) is 11.5. The number of nitrogens with one attached hydrogen (secondary N) is 2. The third-order valence-corrected chi connectivity index (χ3v) is 6.48. The van der Waals surface area contributed by atoms with Crippen LogP contribution in [-0.2, 0) is 20.8 Å². The first-order valence-corrected chi connectivity index (χ1v) is 11.5. The summed E-state index contributed by atoms with van der Waals surface area (Å²) in [5.74, 6) is -1.37. The number of phenols is 1. The van der Waals surface area contributed by atoms with E-state index in [2.05, 4.69) is 17.2 Å². The number of ketones is 1. The van der Waals surface area contributed by atoms with Crippen LogP contribution < -0.4 is 10.6 Å².